The average Bonchev–Trinajstić information content (AvgIpc) is 2.28. The topological polar surface area (TPSA) is 55.6 Å². The van der Waals surface area contributed by atoms with Crippen molar-refractivity contribution < 1.29 is 13.9 Å². The molecule has 0 fully saturated rings. The first-order valence-electron chi connectivity index (χ1n) is 4.84. The number of amides is 1. The summed E-state index contributed by atoms with van der Waals surface area (Å²) in [6.07, 6.45) is 0. The Balaban J connectivity index is 0.00000256. The number of carbonyl (C=O) groups is 1. The highest BCUT2D eigenvalue weighted by molar-refractivity contribution is 5.96. The zero-order valence-corrected chi connectivity index (χ0v) is 10.5. The van der Waals surface area contributed by atoms with Gasteiger partial charge in [0.15, 0.2) is 0 Å². The van der Waals surface area contributed by atoms with Crippen LogP contribution in [-0.2, 0) is 9.53 Å². The van der Waals surface area contributed by atoms with Crippen LogP contribution in [0.2, 0.25) is 0 Å². The van der Waals surface area contributed by atoms with E-state index in [9.17, 15) is 9.18 Å². The van der Waals surface area contributed by atoms with E-state index in [2.05, 4.69) is 0 Å². The smallest absolute Gasteiger partial charge is 0.246 e. The fourth-order valence-corrected chi connectivity index (χ4v) is 1.29. The molecule has 96 valence electrons. The van der Waals surface area contributed by atoms with E-state index in [1.54, 1.807) is 7.05 Å². The predicted molar refractivity (Wildman–Crippen MR) is 66.9 cm³/mol. The minimum absolute atomic E-state index is 0. The van der Waals surface area contributed by atoms with Gasteiger partial charge in [0.1, 0.15) is 11.9 Å². The normalized spacial score (nSPS) is 11.5. The molecule has 4 nitrogen and oxygen atoms in total. The number of hydrogen-bond donors (Lipinski definition) is 1. The number of methoxy groups -OCH3 is 1. The molecule has 0 aromatic heterocycles. The Kier molecular flexibility index (Phi) is 6.72. The first-order valence-corrected chi connectivity index (χ1v) is 4.84. The monoisotopic (exact) mass is 262 g/mol. The summed E-state index contributed by atoms with van der Waals surface area (Å²) < 4.78 is 17.5. The van der Waals surface area contributed by atoms with Crippen LogP contribution >= 0.6 is 12.4 Å². The molecule has 1 rings (SSSR count). The van der Waals surface area contributed by atoms with Crippen molar-refractivity contribution >= 4 is 24.0 Å². The van der Waals surface area contributed by atoms with Crippen LogP contribution in [0.4, 0.5) is 10.1 Å². The number of hydrogen-bond acceptors (Lipinski definition) is 3. The van der Waals surface area contributed by atoms with Gasteiger partial charge in [0.25, 0.3) is 0 Å². The van der Waals surface area contributed by atoms with E-state index in [1.165, 1.54) is 36.3 Å². The van der Waals surface area contributed by atoms with E-state index >= 15 is 0 Å². The third kappa shape index (κ3) is 4.30. The Bertz CT molecular complexity index is 359. The highest BCUT2D eigenvalue weighted by Gasteiger charge is 2.18. The highest BCUT2D eigenvalue weighted by Crippen LogP contribution is 2.13. The van der Waals surface area contributed by atoms with Crippen molar-refractivity contribution in [2.75, 3.05) is 25.7 Å². The van der Waals surface area contributed by atoms with Crippen LogP contribution in [0, 0.1) is 5.82 Å². The van der Waals surface area contributed by atoms with E-state index in [0.29, 0.717) is 5.69 Å². The lowest BCUT2D eigenvalue weighted by atomic mass is 10.2. The largest absolute Gasteiger partial charge is 0.383 e. The van der Waals surface area contributed by atoms with Gasteiger partial charge in [-0.05, 0) is 24.3 Å². The SMILES string of the molecule is COCC(N)C(=O)N(C)c1ccc(F)cc1.Cl. The fourth-order valence-electron chi connectivity index (χ4n) is 1.29. The van der Waals surface area contributed by atoms with Crippen LogP contribution in [-0.4, -0.2) is 32.7 Å². The summed E-state index contributed by atoms with van der Waals surface area (Å²) in [4.78, 5) is 13.1. The molecule has 0 aliphatic carbocycles. The molecular formula is C11H16ClFN2O2. The maximum Gasteiger partial charge on any atom is 0.246 e. The molecule has 0 radical (unpaired) electrons. The van der Waals surface area contributed by atoms with Crippen molar-refractivity contribution in [3.05, 3.63) is 30.1 Å². The quantitative estimate of drug-likeness (QED) is 0.887. The van der Waals surface area contributed by atoms with E-state index in [-0.39, 0.29) is 30.7 Å². The van der Waals surface area contributed by atoms with Crippen LogP contribution in [0.1, 0.15) is 0 Å². The number of benzene rings is 1. The lowest BCUT2D eigenvalue weighted by Gasteiger charge is -2.20. The minimum Gasteiger partial charge on any atom is -0.383 e. The highest BCUT2D eigenvalue weighted by atomic mass is 35.5. The molecule has 0 spiro atoms. The van der Waals surface area contributed by atoms with Gasteiger partial charge in [-0.15, -0.1) is 12.4 Å². The maximum atomic E-state index is 12.7. The van der Waals surface area contributed by atoms with E-state index in [0.717, 1.165) is 0 Å². The zero-order chi connectivity index (χ0) is 12.1. The van der Waals surface area contributed by atoms with Crippen LogP contribution in [0.15, 0.2) is 24.3 Å². The molecule has 1 amide bonds. The lowest BCUT2D eigenvalue weighted by Crippen LogP contribution is -2.44. The number of ether oxygens (including phenoxy) is 1. The number of carbonyl (C=O) groups excluding carboxylic acids is 1. The van der Waals surface area contributed by atoms with Crippen molar-refractivity contribution in [2.24, 2.45) is 5.73 Å². The Morgan fingerprint density at radius 1 is 1.47 bits per heavy atom. The van der Waals surface area contributed by atoms with Gasteiger partial charge in [0.2, 0.25) is 5.91 Å². The van der Waals surface area contributed by atoms with Crippen LogP contribution in [0.3, 0.4) is 0 Å². The van der Waals surface area contributed by atoms with Crippen LogP contribution in [0.25, 0.3) is 0 Å². The second-order valence-electron chi connectivity index (χ2n) is 3.44. The molecule has 17 heavy (non-hydrogen) atoms. The fraction of sp³-hybridized carbons (Fsp3) is 0.364. The molecule has 0 saturated carbocycles. The van der Waals surface area contributed by atoms with Gasteiger partial charge >= 0.3 is 0 Å². The second-order valence-corrected chi connectivity index (χ2v) is 3.44. The summed E-state index contributed by atoms with van der Waals surface area (Å²) in [6.45, 7) is 0.157. The summed E-state index contributed by atoms with van der Waals surface area (Å²) in [5, 5.41) is 0. The lowest BCUT2D eigenvalue weighted by molar-refractivity contribution is -0.120. The second kappa shape index (κ2) is 7.21. The third-order valence-corrected chi connectivity index (χ3v) is 2.21. The van der Waals surface area contributed by atoms with Gasteiger partial charge in [-0.3, -0.25) is 4.79 Å². The van der Waals surface area contributed by atoms with E-state index in [1.807, 2.05) is 0 Å². The summed E-state index contributed by atoms with van der Waals surface area (Å²) in [7, 11) is 3.07. The van der Waals surface area contributed by atoms with Crippen molar-refractivity contribution in [3.8, 4) is 0 Å². The molecule has 1 atom stereocenters. The molecular weight excluding hydrogens is 247 g/mol. The standard InChI is InChI=1S/C11H15FN2O2.ClH/c1-14(11(15)10(13)7-16-2)9-5-3-8(12)4-6-9;/h3-6,10H,7,13H2,1-2H3;1H. The summed E-state index contributed by atoms with van der Waals surface area (Å²) >= 11 is 0. The third-order valence-electron chi connectivity index (χ3n) is 2.21. The molecule has 1 aromatic carbocycles. The van der Waals surface area contributed by atoms with Crippen molar-refractivity contribution in [1.29, 1.82) is 0 Å². The van der Waals surface area contributed by atoms with Gasteiger partial charge in [0, 0.05) is 19.8 Å². The van der Waals surface area contributed by atoms with E-state index < -0.39 is 6.04 Å². The number of likely N-dealkylation sites (N-methyl/N-ethyl adjacent to an activating group) is 1. The number of halogens is 2. The van der Waals surface area contributed by atoms with Crippen molar-refractivity contribution in [1.82, 2.24) is 0 Å². The summed E-state index contributed by atoms with van der Waals surface area (Å²) in [5.41, 5.74) is 6.20. The minimum atomic E-state index is -0.708. The zero-order valence-electron chi connectivity index (χ0n) is 9.72. The molecule has 2 N–H and O–H groups in total. The van der Waals surface area contributed by atoms with Gasteiger partial charge in [-0.1, -0.05) is 0 Å². The van der Waals surface area contributed by atoms with Gasteiger partial charge in [-0.25, -0.2) is 4.39 Å². The molecule has 0 heterocycles. The average molecular weight is 263 g/mol. The molecule has 6 heteroatoms. The molecule has 0 saturated heterocycles. The number of anilines is 1. The van der Waals surface area contributed by atoms with Gasteiger partial charge < -0.3 is 15.4 Å². The first kappa shape index (κ1) is 15.8. The number of nitrogens with zero attached hydrogens (tertiary/aromatic N) is 1. The Labute approximate surface area is 106 Å². The van der Waals surface area contributed by atoms with Gasteiger partial charge in [0.05, 0.1) is 6.61 Å². The Morgan fingerprint density at radius 3 is 2.47 bits per heavy atom. The molecule has 0 aliphatic heterocycles. The van der Waals surface area contributed by atoms with Crippen LogP contribution < -0.4 is 10.6 Å². The Morgan fingerprint density at radius 2 is 2.00 bits per heavy atom. The summed E-state index contributed by atoms with van der Waals surface area (Å²) in [6, 6.07) is 4.92. The first-order chi connectivity index (χ1) is 7.56. The van der Waals surface area contributed by atoms with Crippen molar-refractivity contribution in [2.45, 2.75) is 6.04 Å². The molecule has 0 bridgehead atoms. The Hall–Kier alpha value is -1.17. The molecule has 0 aliphatic rings. The van der Waals surface area contributed by atoms with E-state index in [4.69, 9.17) is 10.5 Å². The summed E-state index contributed by atoms with van der Waals surface area (Å²) in [5.74, 6) is -0.612. The van der Waals surface area contributed by atoms with Crippen LogP contribution in [0.5, 0.6) is 0 Å². The predicted octanol–water partition coefficient (Wildman–Crippen LogP) is 1.18. The molecule has 1 aromatic rings. The van der Waals surface area contributed by atoms with Crippen molar-refractivity contribution in [3.63, 3.8) is 0 Å². The van der Waals surface area contributed by atoms with Gasteiger partial charge in [-0.2, -0.15) is 0 Å². The number of rotatable bonds is 4. The maximum absolute atomic E-state index is 12.7. The molecule has 1 unspecified atom stereocenters. The number of nitrogens with two attached hydrogens (primary N) is 1.